The minimum absolute atomic E-state index is 0.0541. The van der Waals surface area contributed by atoms with Gasteiger partial charge < -0.3 is 16.3 Å². The van der Waals surface area contributed by atoms with Gasteiger partial charge in [-0.3, -0.25) is 9.88 Å². The van der Waals surface area contributed by atoms with E-state index in [4.69, 9.17) is 10.9 Å². The van der Waals surface area contributed by atoms with E-state index in [1.54, 1.807) is 6.20 Å². The SMILES string of the molecule is CCN1CCCC1CNCc1cccnc1C(N)=NO. The van der Waals surface area contributed by atoms with E-state index in [0.717, 1.165) is 18.7 Å². The Morgan fingerprint density at radius 3 is 3.25 bits per heavy atom. The van der Waals surface area contributed by atoms with Crippen molar-refractivity contribution in [2.24, 2.45) is 10.9 Å². The molecule has 6 heteroatoms. The maximum Gasteiger partial charge on any atom is 0.189 e. The van der Waals surface area contributed by atoms with E-state index < -0.39 is 0 Å². The first-order valence-corrected chi connectivity index (χ1v) is 7.12. The van der Waals surface area contributed by atoms with Crippen molar-refractivity contribution >= 4 is 5.84 Å². The predicted octanol–water partition coefficient (Wildman–Crippen LogP) is 0.750. The van der Waals surface area contributed by atoms with Crippen LogP contribution in [0.3, 0.4) is 0 Å². The molecule has 1 aromatic rings. The average molecular weight is 277 g/mol. The second-order valence-electron chi connectivity index (χ2n) is 5.05. The first-order chi connectivity index (χ1) is 9.76. The van der Waals surface area contributed by atoms with Crippen molar-refractivity contribution in [3.8, 4) is 0 Å². The molecule has 6 nitrogen and oxygen atoms in total. The monoisotopic (exact) mass is 277 g/mol. The van der Waals surface area contributed by atoms with Crippen LogP contribution in [-0.4, -0.2) is 46.6 Å². The molecule has 0 amide bonds. The lowest BCUT2D eigenvalue weighted by atomic mass is 10.1. The van der Waals surface area contributed by atoms with Gasteiger partial charge in [-0.15, -0.1) is 0 Å². The van der Waals surface area contributed by atoms with Crippen LogP contribution in [0.4, 0.5) is 0 Å². The van der Waals surface area contributed by atoms with Crippen LogP contribution in [-0.2, 0) is 6.54 Å². The summed E-state index contributed by atoms with van der Waals surface area (Å²) in [7, 11) is 0. The molecular formula is C14H23N5O. The highest BCUT2D eigenvalue weighted by molar-refractivity contribution is 5.96. The highest BCUT2D eigenvalue weighted by atomic mass is 16.4. The Morgan fingerprint density at radius 2 is 2.50 bits per heavy atom. The summed E-state index contributed by atoms with van der Waals surface area (Å²) >= 11 is 0. The van der Waals surface area contributed by atoms with Crippen LogP contribution >= 0.6 is 0 Å². The Bertz CT molecular complexity index is 463. The Morgan fingerprint density at radius 1 is 1.65 bits per heavy atom. The Labute approximate surface area is 119 Å². The Kier molecular flexibility index (Phi) is 5.31. The molecule has 0 saturated carbocycles. The summed E-state index contributed by atoms with van der Waals surface area (Å²) in [4.78, 5) is 6.67. The second kappa shape index (κ2) is 7.21. The number of oxime groups is 1. The number of hydrogen-bond acceptors (Lipinski definition) is 5. The fourth-order valence-electron chi connectivity index (χ4n) is 2.78. The van der Waals surface area contributed by atoms with E-state index in [1.165, 1.54) is 19.4 Å². The quantitative estimate of drug-likeness (QED) is 0.309. The molecule has 2 heterocycles. The largest absolute Gasteiger partial charge is 0.409 e. The molecule has 2 rings (SSSR count). The van der Waals surface area contributed by atoms with Crippen LogP contribution in [0.1, 0.15) is 31.0 Å². The maximum atomic E-state index is 8.77. The third-order valence-corrected chi connectivity index (χ3v) is 3.84. The summed E-state index contributed by atoms with van der Waals surface area (Å²) in [5, 5.41) is 15.3. The summed E-state index contributed by atoms with van der Waals surface area (Å²) in [6.07, 6.45) is 4.18. The van der Waals surface area contributed by atoms with Crippen molar-refractivity contribution in [3.05, 3.63) is 29.6 Å². The number of nitrogens with one attached hydrogen (secondary N) is 1. The van der Waals surface area contributed by atoms with Gasteiger partial charge in [-0.25, -0.2) is 0 Å². The van der Waals surface area contributed by atoms with Crippen LogP contribution in [0.25, 0.3) is 0 Å². The first-order valence-electron chi connectivity index (χ1n) is 7.12. The van der Waals surface area contributed by atoms with E-state index >= 15 is 0 Å². The fourth-order valence-corrected chi connectivity index (χ4v) is 2.78. The van der Waals surface area contributed by atoms with Gasteiger partial charge in [-0.05, 0) is 37.6 Å². The van der Waals surface area contributed by atoms with Gasteiger partial charge in [0.15, 0.2) is 5.84 Å². The van der Waals surface area contributed by atoms with Gasteiger partial charge in [0.25, 0.3) is 0 Å². The number of nitrogens with two attached hydrogens (primary N) is 1. The van der Waals surface area contributed by atoms with Crippen LogP contribution in [0.2, 0.25) is 0 Å². The lowest BCUT2D eigenvalue weighted by Crippen LogP contribution is -2.37. The number of hydrogen-bond donors (Lipinski definition) is 3. The molecule has 0 spiro atoms. The molecule has 0 bridgehead atoms. The van der Waals surface area contributed by atoms with Crippen molar-refractivity contribution in [1.82, 2.24) is 15.2 Å². The van der Waals surface area contributed by atoms with Crippen molar-refractivity contribution < 1.29 is 5.21 Å². The van der Waals surface area contributed by atoms with E-state index in [0.29, 0.717) is 18.3 Å². The summed E-state index contributed by atoms with van der Waals surface area (Å²) in [5.41, 5.74) is 7.12. The lowest BCUT2D eigenvalue weighted by molar-refractivity contribution is 0.260. The van der Waals surface area contributed by atoms with Crippen LogP contribution < -0.4 is 11.1 Å². The van der Waals surface area contributed by atoms with Crippen LogP contribution in [0.5, 0.6) is 0 Å². The predicted molar refractivity (Wildman–Crippen MR) is 78.7 cm³/mol. The molecule has 110 valence electrons. The summed E-state index contributed by atoms with van der Waals surface area (Å²) in [6, 6.07) is 4.42. The Hall–Kier alpha value is -1.66. The third kappa shape index (κ3) is 3.46. The standard InChI is InChI=1S/C14H23N5O/c1-2-19-8-4-6-12(19)10-16-9-11-5-3-7-17-13(11)14(15)18-20/h3,5,7,12,16,20H,2,4,6,8-10H2,1H3,(H2,15,18). The highest BCUT2D eigenvalue weighted by Gasteiger charge is 2.22. The van der Waals surface area contributed by atoms with Crippen molar-refractivity contribution in [3.63, 3.8) is 0 Å². The number of nitrogens with zero attached hydrogens (tertiary/aromatic N) is 3. The van der Waals surface area contributed by atoms with Crippen molar-refractivity contribution in [2.75, 3.05) is 19.6 Å². The number of likely N-dealkylation sites (N-methyl/N-ethyl adjacent to an activating group) is 1. The second-order valence-corrected chi connectivity index (χ2v) is 5.05. The van der Waals surface area contributed by atoms with Gasteiger partial charge in [0.2, 0.25) is 0 Å². The van der Waals surface area contributed by atoms with E-state index in [9.17, 15) is 0 Å². The van der Waals surface area contributed by atoms with E-state index in [-0.39, 0.29) is 5.84 Å². The number of rotatable bonds is 6. The molecule has 1 aromatic heterocycles. The zero-order valence-corrected chi connectivity index (χ0v) is 11.9. The van der Waals surface area contributed by atoms with Gasteiger partial charge in [0.1, 0.15) is 5.69 Å². The molecule has 1 fully saturated rings. The normalized spacial score (nSPS) is 20.4. The number of amidine groups is 1. The average Bonchev–Trinajstić information content (AvgIpc) is 2.94. The minimum Gasteiger partial charge on any atom is -0.409 e. The fraction of sp³-hybridized carbons (Fsp3) is 0.571. The molecule has 0 radical (unpaired) electrons. The van der Waals surface area contributed by atoms with Gasteiger partial charge in [-0.2, -0.15) is 0 Å². The van der Waals surface area contributed by atoms with Crippen LogP contribution in [0, 0.1) is 0 Å². The maximum absolute atomic E-state index is 8.77. The molecule has 4 N–H and O–H groups in total. The summed E-state index contributed by atoms with van der Waals surface area (Å²) in [6.45, 7) is 6.14. The highest BCUT2D eigenvalue weighted by Crippen LogP contribution is 2.15. The molecule has 1 aliphatic heterocycles. The Balaban J connectivity index is 1.91. The van der Waals surface area contributed by atoms with Crippen molar-refractivity contribution in [1.29, 1.82) is 0 Å². The minimum atomic E-state index is 0.0541. The molecular weight excluding hydrogens is 254 g/mol. The van der Waals surface area contributed by atoms with E-state index in [1.807, 2.05) is 12.1 Å². The smallest absolute Gasteiger partial charge is 0.189 e. The van der Waals surface area contributed by atoms with Gasteiger partial charge in [0.05, 0.1) is 0 Å². The summed E-state index contributed by atoms with van der Waals surface area (Å²) < 4.78 is 0. The molecule has 1 saturated heterocycles. The molecule has 1 atom stereocenters. The number of pyridine rings is 1. The molecule has 0 aliphatic carbocycles. The number of likely N-dealkylation sites (tertiary alicyclic amines) is 1. The zero-order valence-electron chi connectivity index (χ0n) is 11.9. The van der Waals surface area contributed by atoms with Crippen LogP contribution in [0.15, 0.2) is 23.5 Å². The van der Waals surface area contributed by atoms with Gasteiger partial charge >= 0.3 is 0 Å². The summed E-state index contributed by atoms with van der Waals surface area (Å²) in [5.74, 6) is 0.0541. The number of aromatic nitrogens is 1. The lowest BCUT2D eigenvalue weighted by Gasteiger charge is -2.23. The zero-order chi connectivity index (χ0) is 14.4. The van der Waals surface area contributed by atoms with Crippen molar-refractivity contribution in [2.45, 2.75) is 32.4 Å². The van der Waals surface area contributed by atoms with Gasteiger partial charge in [0, 0.05) is 25.3 Å². The molecule has 1 aliphatic rings. The van der Waals surface area contributed by atoms with Gasteiger partial charge in [-0.1, -0.05) is 18.1 Å². The topological polar surface area (TPSA) is 86.8 Å². The molecule has 20 heavy (non-hydrogen) atoms. The molecule has 1 unspecified atom stereocenters. The third-order valence-electron chi connectivity index (χ3n) is 3.84. The van der Waals surface area contributed by atoms with E-state index in [2.05, 4.69) is 27.3 Å². The molecule has 0 aromatic carbocycles. The first kappa shape index (κ1) is 14.7.